The zero-order chi connectivity index (χ0) is 17.3. The molecule has 0 aliphatic rings. The summed E-state index contributed by atoms with van der Waals surface area (Å²) in [7, 11) is 4.94. The SMILES string of the molecule is COCCC(C)(C)CNC(N)=NCc1ccc(OC)c(OC)c1. The maximum Gasteiger partial charge on any atom is 0.188 e. The van der Waals surface area contributed by atoms with Crippen LogP contribution in [0.1, 0.15) is 25.8 Å². The normalized spacial score (nSPS) is 12.1. The van der Waals surface area contributed by atoms with E-state index < -0.39 is 0 Å². The lowest BCUT2D eigenvalue weighted by Gasteiger charge is -2.24. The van der Waals surface area contributed by atoms with Gasteiger partial charge in [0.05, 0.1) is 20.8 Å². The third-order valence-corrected chi connectivity index (χ3v) is 3.61. The Morgan fingerprint density at radius 3 is 2.48 bits per heavy atom. The highest BCUT2D eigenvalue weighted by atomic mass is 16.5. The third kappa shape index (κ3) is 6.78. The van der Waals surface area contributed by atoms with Crippen LogP contribution in [0.2, 0.25) is 0 Å². The van der Waals surface area contributed by atoms with Crippen molar-refractivity contribution in [2.24, 2.45) is 16.1 Å². The Bertz CT molecular complexity index is 516. The molecule has 0 fully saturated rings. The van der Waals surface area contributed by atoms with E-state index in [2.05, 4.69) is 24.2 Å². The second-order valence-electron chi connectivity index (χ2n) is 6.15. The number of hydrogen-bond donors (Lipinski definition) is 2. The fraction of sp³-hybridized carbons (Fsp3) is 0.588. The van der Waals surface area contributed by atoms with Gasteiger partial charge in [-0.05, 0) is 29.5 Å². The summed E-state index contributed by atoms with van der Waals surface area (Å²) >= 11 is 0. The van der Waals surface area contributed by atoms with E-state index >= 15 is 0 Å². The monoisotopic (exact) mass is 323 g/mol. The van der Waals surface area contributed by atoms with Gasteiger partial charge in [0, 0.05) is 20.3 Å². The molecule has 1 aromatic carbocycles. The predicted molar refractivity (Wildman–Crippen MR) is 93.1 cm³/mol. The molecule has 0 saturated carbocycles. The highest BCUT2D eigenvalue weighted by molar-refractivity contribution is 5.77. The molecular weight excluding hydrogens is 294 g/mol. The second kappa shape index (κ2) is 9.25. The molecule has 0 heterocycles. The van der Waals surface area contributed by atoms with Crippen LogP contribution in [0, 0.1) is 5.41 Å². The molecule has 0 aliphatic carbocycles. The Kier molecular flexibility index (Phi) is 7.68. The van der Waals surface area contributed by atoms with Gasteiger partial charge < -0.3 is 25.3 Å². The molecule has 0 radical (unpaired) electrons. The minimum atomic E-state index is 0.0967. The van der Waals surface area contributed by atoms with Gasteiger partial charge in [0.1, 0.15) is 0 Å². The maximum absolute atomic E-state index is 5.94. The molecule has 0 spiro atoms. The van der Waals surface area contributed by atoms with Crippen molar-refractivity contribution < 1.29 is 14.2 Å². The molecule has 6 heteroatoms. The molecule has 1 aromatic rings. The first-order chi connectivity index (χ1) is 10.9. The average molecular weight is 323 g/mol. The van der Waals surface area contributed by atoms with Crippen molar-refractivity contribution in [2.75, 3.05) is 34.5 Å². The van der Waals surface area contributed by atoms with E-state index in [9.17, 15) is 0 Å². The molecule has 0 aromatic heterocycles. The van der Waals surface area contributed by atoms with E-state index in [1.807, 2.05) is 18.2 Å². The van der Waals surface area contributed by atoms with Gasteiger partial charge >= 0.3 is 0 Å². The summed E-state index contributed by atoms with van der Waals surface area (Å²) in [4.78, 5) is 4.36. The molecule has 23 heavy (non-hydrogen) atoms. The predicted octanol–water partition coefficient (Wildman–Crippen LogP) is 2.17. The highest BCUT2D eigenvalue weighted by Crippen LogP contribution is 2.27. The average Bonchev–Trinajstić information content (AvgIpc) is 2.56. The van der Waals surface area contributed by atoms with Gasteiger partial charge in [-0.15, -0.1) is 0 Å². The first-order valence-electron chi connectivity index (χ1n) is 7.65. The van der Waals surface area contributed by atoms with E-state index in [0.717, 1.165) is 25.1 Å². The smallest absolute Gasteiger partial charge is 0.188 e. The molecule has 130 valence electrons. The van der Waals surface area contributed by atoms with E-state index in [0.29, 0.717) is 24.0 Å². The van der Waals surface area contributed by atoms with Crippen LogP contribution >= 0.6 is 0 Å². The summed E-state index contributed by atoms with van der Waals surface area (Å²) in [5.41, 5.74) is 7.04. The first-order valence-corrected chi connectivity index (χ1v) is 7.65. The maximum atomic E-state index is 5.94. The van der Waals surface area contributed by atoms with Crippen LogP contribution < -0.4 is 20.5 Å². The number of guanidine groups is 1. The van der Waals surface area contributed by atoms with Gasteiger partial charge in [0.25, 0.3) is 0 Å². The van der Waals surface area contributed by atoms with Gasteiger partial charge in [0.15, 0.2) is 17.5 Å². The lowest BCUT2D eigenvalue weighted by molar-refractivity contribution is 0.153. The largest absolute Gasteiger partial charge is 0.493 e. The van der Waals surface area contributed by atoms with Gasteiger partial charge in [-0.1, -0.05) is 19.9 Å². The molecule has 0 amide bonds. The Hall–Kier alpha value is -1.95. The molecule has 0 unspecified atom stereocenters. The third-order valence-electron chi connectivity index (χ3n) is 3.61. The van der Waals surface area contributed by atoms with Crippen LogP contribution in [0.3, 0.4) is 0 Å². The zero-order valence-electron chi connectivity index (χ0n) is 14.8. The second-order valence-corrected chi connectivity index (χ2v) is 6.15. The number of aliphatic imine (C=N–C) groups is 1. The minimum absolute atomic E-state index is 0.0967. The van der Waals surface area contributed by atoms with E-state index in [1.165, 1.54) is 0 Å². The zero-order valence-corrected chi connectivity index (χ0v) is 14.8. The molecule has 1 rings (SSSR count). The molecule has 0 bridgehead atoms. The Morgan fingerprint density at radius 1 is 1.17 bits per heavy atom. The first kappa shape index (κ1) is 19.1. The summed E-state index contributed by atoms with van der Waals surface area (Å²) in [6.45, 7) is 6.30. The van der Waals surface area contributed by atoms with Crippen molar-refractivity contribution in [1.82, 2.24) is 5.32 Å². The fourth-order valence-electron chi connectivity index (χ4n) is 2.01. The standard InChI is InChI=1S/C17H29N3O3/c1-17(2,8-9-21-3)12-20-16(18)19-11-13-6-7-14(22-4)15(10-13)23-5/h6-7,10H,8-9,11-12H2,1-5H3,(H3,18,19,20). The van der Waals surface area contributed by atoms with Crippen molar-refractivity contribution in [1.29, 1.82) is 0 Å². The number of hydrogen-bond acceptors (Lipinski definition) is 4. The minimum Gasteiger partial charge on any atom is -0.493 e. The number of nitrogens with two attached hydrogens (primary N) is 1. The molecule has 0 saturated heterocycles. The van der Waals surface area contributed by atoms with Gasteiger partial charge in [-0.25, -0.2) is 4.99 Å². The van der Waals surface area contributed by atoms with Crippen LogP contribution in [0.5, 0.6) is 11.5 Å². The number of nitrogens with zero attached hydrogens (tertiary/aromatic N) is 1. The van der Waals surface area contributed by atoms with Gasteiger partial charge in [-0.2, -0.15) is 0 Å². The number of benzene rings is 1. The highest BCUT2D eigenvalue weighted by Gasteiger charge is 2.17. The van der Waals surface area contributed by atoms with Crippen molar-refractivity contribution in [3.8, 4) is 11.5 Å². The van der Waals surface area contributed by atoms with Crippen LogP contribution in [-0.2, 0) is 11.3 Å². The molecule has 0 aliphatic heterocycles. The van der Waals surface area contributed by atoms with Crippen LogP contribution in [0.25, 0.3) is 0 Å². The van der Waals surface area contributed by atoms with Crippen LogP contribution in [0.15, 0.2) is 23.2 Å². The van der Waals surface area contributed by atoms with Gasteiger partial charge in [-0.3, -0.25) is 0 Å². The van der Waals surface area contributed by atoms with E-state index in [1.54, 1.807) is 21.3 Å². The lowest BCUT2D eigenvalue weighted by Crippen LogP contribution is -2.39. The summed E-state index contributed by atoms with van der Waals surface area (Å²) < 4.78 is 15.6. The Balaban J connectivity index is 2.56. The van der Waals surface area contributed by atoms with E-state index in [-0.39, 0.29) is 5.41 Å². The topological polar surface area (TPSA) is 78.1 Å². The number of nitrogens with one attached hydrogen (secondary N) is 1. The summed E-state index contributed by atoms with van der Waals surface area (Å²) in [5.74, 6) is 1.82. The summed E-state index contributed by atoms with van der Waals surface area (Å²) in [5, 5.41) is 3.17. The molecule has 0 atom stereocenters. The number of rotatable bonds is 9. The van der Waals surface area contributed by atoms with Crippen molar-refractivity contribution in [3.05, 3.63) is 23.8 Å². The van der Waals surface area contributed by atoms with Crippen molar-refractivity contribution in [3.63, 3.8) is 0 Å². The van der Waals surface area contributed by atoms with Crippen LogP contribution in [-0.4, -0.2) is 40.4 Å². The number of ether oxygens (including phenoxy) is 3. The van der Waals surface area contributed by atoms with E-state index in [4.69, 9.17) is 19.9 Å². The molecular formula is C17H29N3O3. The Labute approximate surface area is 139 Å². The molecule has 3 N–H and O–H groups in total. The number of methoxy groups -OCH3 is 3. The fourth-order valence-corrected chi connectivity index (χ4v) is 2.01. The lowest BCUT2D eigenvalue weighted by atomic mass is 9.90. The van der Waals surface area contributed by atoms with Crippen molar-refractivity contribution in [2.45, 2.75) is 26.8 Å². The quantitative estimate of drug-likeness (QED) is 0.538. The van der Waals surface area contributed by atoms with Gasteiger partial charge in [0.2, 0.25) is 0 Å². The van der Waals surface area contributed by atoms with Crippen LogP contribution in [0.4, 0.5) is 0 Å². The van der Waals surface area contributed by atoms with Crippen molar-refractivity contribution >= 4 is 5.96 Å². The summed E-state index contributed by atoms with van der Waals surface area (Å²) in [6, 6.07) is 5.71. The Morgan fingerprint density at radius 2 is 1.87 bits per heavy atom. The summed E-state index contributed by atoms with van der Waals surface area (Å²) in [6.07, 6.45) is 0.958. The molecule has 6 nitrogen and oxygen atoms in total.